The van der Waals surface area contributed by atoms with Crippen molar-refractivity contribution < 1.29 is 0 Å². The molecule has 0 heterocycles. The molecule has 0 bridgehead atoms. The predicted octanol–water partition coefficient (Wildman–Crippen LogP) is 2.10. The van der Waals surface area contributed by atoms with Gasteiger partial charge in [0, 0.05) is 0 Å². The van der Waals surface area contributed by atoms with Crippen LogP contribution >= 0.6 is 0 Å². The number of hydrogen-bond acceptors (Lipinski definition) is 2. The van der Waals surface area contributed by atoms with Crippen molar-refractivity contribution in [3.05, 3.63) is 5.21 Å². The van der Waals surface area contributed by atoms with Crippen molar-refractivity contribution in [3.63, 3.8) is 0 Å². The fraction of sp³-hybridized carbons (Fsp3) is 1.00. The van der Waals surface area contributed by atoms with Crippen molar-refractivity contribution in [3.8, 4) is 0 Å². The third kappa shape index (κ3) is 6.05. The highest BCUT2D eigenvalue weighted by Gasteiger charge is 1.98. The first-order chi connectivity index (χ1) is 4.52. The van der Waals surface area contributed by atoms with Gasteiger partial charge in [-0.15, -0.1) is 0 Å². The molecule has 0 aromatic heterocycles. The molecule has 0 atom stereocenters. The van der Waals surface area contributed by atoms with Crippen LogP contribution < -0.4 is 0 Å². The molecule has 2 heteroatoms. The molecule has 0 aromatic carbocycles. The molecule has 2 nitrogen and oxygen atoms in total. The summed E-state index contributed by atoms with van der Waals surface area (Å²) in [7, 11) is 0. The van der Waals surface area contributed by atoms with E-state index in [0.29, 0.717) is 24.9 Å². The molecule has 0 radical (unpaired) electrons. The second-order valence-electron chi connectivity index (χ2n) is 3.63. The molecule has 10 heavy (non-hydrogen) atoms. The van der Waals surface area contributed by atoms with Crippen molar-refractivity contribution in [1.82, 2.24) is 5.06 Å². The summed E-state index contributed by atoms with van der Waals surface area (Å²) < 4.78 is 0. The smallest absolute Gasteiger partial charge is 0.0121 e. The SMILES string of the molecule is CC(C)CN([O-])CC(C)C. The first kappa shape index (κ1) is 9.92. The van der Waals surface area contributed by atoms with Crippen LogP contribution in [0, 0.1) is 17.0 Å². The fourth-order valence-electron chi connectivity index (χ4n) is 0.889. The first-order valence-electron chi connectivity index (χ1n) is 3.94. The van der Waals surface area contributed by atoms with Crippen LogP contribution in [0.2, 0.25) is 0 Å². The van der Waals surface area contributed by atoms with Crippen molar-refractivity contribution in [1.29, 1.82) is 0 Å². The molecule has 0 spiro atoms. The zero-order valence-electron chi connectivity index (χ0n) is 7.42. The lowest BCUT2D eigenvalue weighted by Crippen LogP contribution is -2.25. The van der Waals surface area contributed by atoms with Gasteiger partial charge in [0.1, 0.15) is 0 Å². The Labute approximate surface area is 63.8 Å². The van der Waals surface area contributed by atoms with Crippen LogP contribution in [0.3, 0.4) is 0 Å². The Morgan fingerprint density at radius 1 is 1.00 bits per heavy atom. The molecule has 0 aliphatic rings. The largest absolute Gasteiger partial charge is 0.785 e. The van der Waals surface area contributed by atoms with Gasteiger partial charge in [-0.2, -0.15) is 0 Å². The zero-order chi connectivity index (χ0) is 8.15. The van der Waals surface area contributed by atoms with Gasteiger partial charge in [0.05, 0.1) is 0 Å². The van der Waals surface area contributed by atoms with Gasteiger partial charge in [0.2, 0.25) is 0 Å². The topological polar surface area (TPSA) is 26.3 Å². The van der Waals surface area contributed by atoms with Crippen LogP contribution in [0.1, 0.15) is 27.7 Å². The van der Waals surface area contributed by atoms with Gasteiger partial charge in [-0.3, -0.25) is 0 Å². The molecular weight excluding hydrogens is 126 g/mol. The van der Waals surface area contributed by atoms with Gasteiger partial charge in [0.15, 0.2) is 0 Å². The molecule has 0 rings (SSSR count). The van der Waals surface area contributed by atoms with Crippen LogP contribution in [0.25, 0.3) is 0 Å². The Hall–Kier alpha value is -0.0800. The van der Waals surface area contributed by atoms with Crippen LogP contribution in [0.15, 0.2) is 0 Å². The van der Waals surface area contributed by atoms with Crippen molar-refractivity contribution >= 4 is 0 Å². The van der Waals surface area contributed by atoms with E-state index in [0.717, 1.165) is 5.06 Å². The Kier molecular flexibility index (Phi) is 4.65. The molecule has 0 aliphatic carbocycles. The summed E-state index contributed by atoms with van der Waals surface area (Å²) in [5, 5.41) is 12.1. The minimum Gasteiger partial charge on any atom is -0.785 e. The van der Waals surface area contributed by atoms with E-state index in [1.807, 2.05) is 0 Å². The average molecular weight is 144 g/mol. The summed E-state index contributed by atoms with van der Waals surface area (Å²) in [4.78, 5) is 0. The van der Waals surface area contributed by atoms with E-state index in [-0.39, 0.29) is 0 Å². The molecule has 0 unspecified atom stereocenters. The second-order valence-corrected chi connectivity index (χ2v) is 3.63. The van der Waals surface area contributed by atoms with Gasteiger partial charge in [-0.1, -0.05) is 27.7 Å². The van der Waals surface area contributed by atoms with Gasteiger partial charge in [0.25, 0.3) is 0 Å². The molecule has 0 aliphatic heterocycles. The predicted molar refractivity (Wildman–Crippen MR) is 44.6 cm³/mol. The van der Waals surface area contributed by atoms with Crippen molar-refractivity contribution in [2.45, 2.75) is 27.7 Å². The fourth-order valence-corrected chi connectivity index (χ4v) is 0.889. The quantitative estimate of drug-likeness (QED) is 0.565. The zero-order valence-corrected chi connectivity index (χ0v) is 7.42. The number of nitrogens with zero attached hydrogens (tertiary/aromatic N) is 1. The van der Waals surface area contributed by atoms with E-state index in [4.69, 9.17) is 0 Å². The van der Waals surface area contributed by atoms with Gasteiger partial charge >= 0.3 is 0 Å². The van der Waals surface area contributed by atoms with E-state index < -0.39 is 0 Å². The minimum atomic E-state index is 0.483. The van der Waals surface area contributed by atoms with Crippen molar-refractivity contribution in [2.75, 3.05) is 13.1 Å². The lowest BCUT2D eigenvalue weighted by molar-refractivity contribution is 0.298. The number of hydroxylamine groups is 2. The van der Waals surface area contributed by atoms with Gasteiger partial charge in [-0.05, 0) is 24.9 Å². The van der Waals surface area contributed by atoms with Crippen LogP contribution in [0.4, 0.5) is 0 Å². The van der Waals surface area contributed by atoms with Crippen molar-refractivity contribution in [2.24, 2.45) is 11.8 Å². The summed E-state index contributed by atoms with van der Waals surface area (Å²) >= 11 is 0. The van der Waals surface area contributed by atoms with E-state index in [1.54, 1.807) is 0 Å². The molecule has 0 amide bonds. The summed E-state index contributed by atoms with van der Waals surface area (Å²) in [6.45, 7) is 9.57. The summed E-state index contributed by atoms with van der Waals surface area (Å²) in [6, 6.07) is 0. The Bertz CT molecular complexity index is 71.3. The third-order valence-corrected chi connectivity index (χ3v) is 1.14. The normalized spacial score (nSPS) is 12.0. The maximum Gasteiger partial charge on any atom is -0.0121 e. The summed E-state index contributed by atoms with van der Waals surface area (Å²) in [5.74, 6) is 0.965. The molecule has 0 N–H and O–H groups in total. The standard InChI is InChI=1S/C8H18NO/c1-7(2)5-9(10)6-8(3)4/h7-8H,5-6H2,1-4H3/q-1. The first-order valence-corrected chi connectivity index (χ1v) is 3.94. The van der Waals surface area contributed by atoms with Gasteiger partial charge in [-0.25, -0.2) is 0 Å². The molecule has 0 saturated carbocycles. The molecule has 0 saturated heterocycles. The molecular formula is C8H18NO-. The molecule has 0 fully saturated rings. The summed E-state index contributed by atoms with van der Waals surface area (Å²) in [6.07, 6.45) is 0. The second kappa shape index (κ2) is 4.69. The maximum atomic E-state index is 11.0. The highest BCUT2D eigenvalue weighted by atomic mass is 16.5. The van der Waals surface area contributed by atoms with Crippen LogP contribution in [-0.2, 0) is 0 Å². The highest BCUT2D eigenvalue weighted by molar-refractivity contribution is 4.61. The van der Waals surface area contributed by atoms with Gasteiger partial charge < -0.3 is 10.3 Å². The average Bonchev–Trinajstić information content (AvgIpc) is 1.58. The van der Waals surface area contributed by atoms with Crippen LogP contribution in [-0.4, -0.2) is 18.2 Å². The highest BCUT2D eigenvalue weighted by Crippen LogP contribution is 2.00. The summed E-state index contributed by atoms with van der Waals surface area (Å²) in [5.41, 5.74) is 0. The Morgan fingerprint density at radius 2 is 1.30 bits per heavy atom. The lowest BCUT2D eigenvalue weighted by atomic mass is 10.2. The van der Waals surface area contributed by atoms with E-state index in [1.165, 1.54) is 0 Å². The Balaban J connectivity index is 3.34. The monoisotopic (exact) mass is 144 g/mol. The third-order valence-electron chi connectivity index (χ3n) is 1.14. The van der Waals surface area contributed by atoms with Crippen LogP contribution in [0.5, 0.6) is 0 Å². The van der Waals surface area contributed by atoms with E-state index >= 15 is 0 Å². The van der Waals surface area contributed by atoms with E-state index in [2.05, 4.69) is 27.7 Å². The Morgan fingerprint density at radius 3 is 1.50 bits per heavy atom. The van der Waals surface area contributed by atoms with E-state index in [9.17, 15) is 5.21 Å². The molecule has 0 aromatic rings. The molecule has 62 valence electrons. The lowest BCUT2D eigenvalue weighted by Gasteiger charge is -2.31. The minimum absolute atomic E-state index is 0.483. The maximum absolute atomic E-state index is 11.0. The number of hydrogen-bond donors (Lipinski definition) is 0. The number of rotatable bonds is 4.